The molecule has 0 spiro atoms. The number of sulfonamides is 2. The smallest absolute Gasteiger partial charge is 0.218 e. The lowest BCUT2D eigenvalue weighted by atomic mass is 10.7. The molecule has 0 saturated heterocycles. The minimum atomic E-state index is -2.91. The maximum Gasteiger partial charge on any atom is 0.218 e. The molecule has 0 bridgehead atoms. The fraction of sp³-hybridized carbons (Fsp3) is 0.882. The molecule has 0 aromatic carbocycles. The van der Waals surface area contributed by atoms with Crippen molar-refractivity contribution in [1.29, 1.82) is 0 Å². The molecular weight excluding hydrogens is 434 g/mol. The van der Waals surface area contributed by atoms with Crippen LogP contribution in [0.25, 0.3) is 0 Å². The highest BCUT2D eigenvalue weighted by atomic mass is 32.2. The van der Waals surface area contributed by atoms with Crippen molar-refractivity contribution in [2.24, 2.45) is 0 Å². The minimum absolute atomic E-state index is 0.0926. The van der Waals surface area contributed by atoms with Gasteiger partial charge in [0.1, 0.15) is 0 Å². The summed E-state index contributed by atoms with van der Waals surface area (Å²) in [7, 11) is 13.1. The molecule has 0 aliphatic heterocycles. The van der Waals surface area contributed by atoms with Gasteiger partial charge in [-0.15, -0.1) is 0 Å². The van der Waals surface area contributed by atoms with Gasteiger partial charge >= 0.3 is 0 Å². The van der Waals surface area contributed by atoms with Gasteiger partial charge in [-0.05, 0) is 21.1 Å². The normalized spacial score (nSPS) is 10.2. The molecule has 0 aromatic heterocycles. The Hall–Kier alpha value is -1.28. The van der Waals surface area contributed by atoms with Crippen molar-refractivity contribution in [3.8, 4) is 0 Å². The Morgan fingerprint density at radius 1 is 0.500 bits per heavy atom. The molecular formula is C17H45N5O6S2. The van der Waals surface area contributed by atoms with Crippen LogP contribution in [-0.4, -0.2) is 142 Å². The fourth-order valence-corrected chi connectivity index (χ4v) is 0. The Balaban J connectivity index is -0.0000000878. The first-order chi connectivity index (χ1) is 12.9. The van der Waals surface area contributed by atoms with E-state index in [1.54, 1.807) is 28.2 Å². The first kappa shape index (κ1) is 39.2. The van der Waals surface area contributed by atoms with E-state index < -0.39 is 20.0 Å². The molecule has 30 heavy (non-hydrogen) atoms. The van der Waals surface area contributed by atoms with E-state index in [1.165, 1.54) is 51.8 Å². The van der Waals surface area contributed by atoms with Crippen molar-refractivity contribution in [3.05, 3.63) is 0 Å². The van der Waals surface area contributed by atoms with Crippen LogP contribution in [0.4, 0.5) is 0 Å². The van der Waals surface area contributed by atoms with Gasteiger partial charge < -0.3 is 14.7 Å². The summed E-state index contributed by atoms with van der Waals surface area (Å²) < 4.78 is 43.3. The van der Waals surface area contributed by atoms with E-state index in [1.807, 2.05) is 26.0 Å². The number of amides is 2. The van der Waals surface area contributed by atoms with Crippen molar-refractivity contribution >= 4 is 31.9 Å². The topological polar surface area (TPSA) is 119 Å². The van der Waals surface area contributed by atoms with Gasteiger partial charge in [0.25, 0.3) is 0 Å². The third kappa shape index (κ3) is 50.4. The lowest BCUT2D eigenvalue weighted by Crippen LogP contribution is -2.19. The SMILES string of the molecule is CC(=O)N(C)C.CC(=O)N(C)C.CN(C)C.CN(C)S(C)(=O)=O.CN(C)S(C)(=O)=O. The molecule has 0 atom stereocenters. The zero-order valence-electron chi connectivity index (χ0n) is 21.5. The Bertz CT molecular complexity index is 587. The summed E-state index contributed by atoms with van der Waals surface area (Å²) in [5, 5.41) is 0. The van der Waals surface area contributed by atoms with Crippen molar-refractivity contribution in [3.63, 3.8) is 0 Å². The van der Waals surface area contributed by atoms with Crippen LogP contribution in [0, 0.1) is 0 Å². The van der Waals surface area contributed by atoms with Gasteiger partial charge in [0.05, 0.1) is 12.5 Å². The lowest BCUT2D eigenvalue weighted by molar-refractivity contribution is -0.127. The summed E-state index contributed by atoms with van der Waals surface area (Å²) >= 11 is 0. The molecule has 0 unspecified atom stereocenters. The molecule has 0 heterocycles. The predicted molar refractivity (Wildman–Crippen MR) is 125 cm³/mol. The molecule has 186 valence electrons. The summed E-state index contributed by atoms with van der Waals surface area (Å²) in [5.74, 6) is 0.185. The average Bonchev–Trinajstić information content (AvgIpc) is 2.46. The van der Waals surface area contributed by atoms with Crippen LogP contribution in [0.15, 0.2) is 0 Å². The van der Waals surface area contributed by atoms with Gasteiger partial charge in [0.15, 0.2) is 0 Å². The fourth-order valence-electron chi connectivity index (χ4n) is 0. The van der Waals surface area contributed by atoms with Gasteiger partial charge in [-0.25, -0.2) is 25.4 Å². The maximum atomic E-state index is 10.3. The number of hydrogen-bond acceptors (Lipinski definition) is 7. The molecule has 13 heteroatoms. The number of nitrogens with zero attached hydrogens (tertiary/aromatic N) is 5. The first-order valence-corrected chi connectivity index (χ1v) is 12.3. The van der Waals surface area contributed by atoms with Crippen LogP contribution in [0.3, 0.4) is 0 Å². The molecule has 2 amide bonds. The molecule has 0 N–H and O–H groups in total. The Morgan fingerprint density at radius 2 is 0.567 bits per heavy atom. The second-order valence-electron chi connectivity index (χ2n) is 7.26. The van der Waals surface area contributed by atoms with Crippen LogP contribution >= 0.6 is 0 Å². The van der Waals surface area contributed by atoms with Crippen molar-refractivity contribution < 1.29 is 26.4 Å². The third-order valence-electron chi connectivity index (χ3n) is 2.59. The second-order valence-corrected chi connectivity index (χ2v) is 11.7. The van der Waals surface area contributed by atoms with Crippen LogP contribution in [0.1, 0.15) is 13.8 Å². The van der Waals surface area contributed by atoms with E-state index in [0.717, 1.165) is 21.1 Å². The highest BCUT2D eigenvalue weighted by Gasteiger charge is 2.01. The largest absolute Gasteiger partial charge is 0.349 e. The van der Waals surface area contributed by atoms with Crippen LogP contribution in [0.5, 0.6) is 0 Å². The van der Waals surface area contributed by atoms with E-state index in [-0.39, 0.29) is 11.8 Å². The van der Waals surface area contributed by atoms with Gasteiger partial charge in [0.2, 0.25) is 31.9 Å². The highest BCUT2D eigenvalue weighted by molar-refractivity contribution is 7.88. The first-order valence-electron chi connectivity index (χ1n) is 8.62. The summed E-state index contributed by atoms with van der Waals surface area (Å²) in [6, 6.07) is 0. The van der Waals surface area contributed by atoms with Crippen molar-refractivity contribution in [2.75, 3.05) is 90.0 Å². The van der Waals surface area contributed by atoms with Crippen molar-refractivity contribution in [2.45, 2.75) is 13.8 Å². The summed E-state index contributed by atoms with van der Waals surface area (Å²) in [5.41, 5.74) is 0. The average molecular weight is 480 g/mol. The molecule has 0 aromatic rings. The van der Waals surface area contributed by atoms with Crippen molar-refractivity contribution in [1.82, 2.24) is 23.3 Å². The Morgan fingerprint density at radius 3 is 0.567 bits per heavy atom. The van der Waals surface area contributed by atoms with Crippen LogP contribution in [-0.2, 0) is 29.6 Å². The minimum Gasteiger partial charge on any atom is -0.349 e. The zero-order chi connectivity index (χ0) is 26.0. The number of carbonyl (C=O) groups is 2. The number of carbonyl (C=O) groups excluding carboxylic acids is 2. The van der Waals surface area contributed by atoms with E-state index in [2.05, 4.69) is 0 Å². The molecule has 11 nitrogen and oxygen atoms in total. The lowest BCUT2D eigenvalue weighted by Gasteiger charge is -2.02. The molecule has 0 radical (unpaired) electrons. The molecule has 0 aliphatic carbocycles. The predicted octanol–water partition coefficient (Wildman–Crippen LogP) is -0.618. The van der Waals surface area contributed by atoms with E-state index in [4.69, 9.17) is 0 Å². The summed E-state index contributed by atoms with van der Waals surface area (Å²) in [4.78, 5) is 25.2. The van der Waals surface area contributed by atoms with Gasteiger partial charge in [-0.2, -0.15) is 0 Å². The Kier molecular flexibility index (Phi) is 25.7. The quantitative estimate of drug-likeness (QED) is 0.518. The van der Waals surface area contributed by atoms with Gasteiger partial charge in [-0.1, -0.05) is 0 Å². The number of hydrogen-bond donors (Lipinski definition) is 0. The summed E-state index contributed by atoms with van der Waals surface area (Å²) in [6.45, 7) is 3.06. The van der Waals surface area contributed by atoms with Crippen LogP contribution < -0.4 is 0 Å². The van der Waals surface area contributed by atoms with Gasteiger partial charge in [0, 0.05) is 70.2 Å². The molecule has 0 rings (SSSR count). The van der Waals surface area contributed by atoms with E-state index >= 15 is 0 Å². The van der Waals surface area contributed by atoms with Crippen LogP contribution in [0.2, 0.25) is 0 Å². The highest BCUT2D eigenvalue weighted by Crippen LogP contribution is 1.83. The maximum absolute atomic E-state index is 10.3. The second kappa shape index (κ2) is 19.7. The monoisotopic (exact) mass is 479 g/mol. The molecule has 0 fully saturated rings. The standard InChI is InChI=1S/2C4H9NO.2C3H9NO2S.C3H9N/c2*1-4(6)5(2)3;2*1-4(2)7(3,5)6;1-4(2)3/h2*1-3H3;2*1-3H3;1-3H3. The Labute approximate surface area is 185 Å². The van der Waals surface area contributed by atoms with E-state index in [0.29, 0.717) is 0 Å². The zero-order valence-corrected chi connectivity index (χ0v) is 23.1. The molecule has 0 saturated carbocycles. The third-order valence-corrected chi connectivity index (χ3v) is 5.24. The molecule has 0 aliphatic rings. The summed E-state index contributed by atoms with van der Waals surface area (Å²) in [6.07, 6.45) is 2.32. The number of rotatable bonds is 2. The van der Waals surface area contributed by atoms with Gasteiger partial charge in [-0.3, -0.25) is 9.59 Å². The van der Waals surface area contributed by atoms with E-state index in [9.17, 15) is 26.4 Å².